The number of nitrogens with zero attached hydrogens (tertiary/aromatic N) is 5. The van der Waals surface area contributed by atoms with Gasteiger partial charge in [-0.2, -0.15) is 5.10 Å². The molecule has 6 nitrogen and oxygen atoms in total. The van der Waals surface area contributed by atoms with Gasteiger partial charge in [0.25, 0.3) is 5.56 Å². The molecule has 0 unspecified atom stereocenters. The van der Waals surface area contributed by atoms with Crippen molar-refractivity contribution in [2.45, 2.75) is 20.4 Å². The van der Waals surface area contributed by atoms with Crippen LogP contribution >= 0.6 is 0 Å². The van der Waals surface area contributed by atoms with Crippen molar-refractivity contribution < 1.29 is 0 Å². The Balaban J connectivity index is 2.09. The van der Waals surface area contributed by atoms with E-state index in [-0.39, 0.29) is 5.56 Å². The summed E-state index contributed by atoms with van der Waals surface area (Å²) in [5.74, 6) is 0. The maximum Gasteiger partial charge on any atom is 0.281 e. The Labute approximate surface area is 115 Å². The summed E-state index contributed by atoms with van der Waals surface area (Å²) in [7, 11) is 1.74. The first-order valence-corrected chi connectivity index (χ1v) is 6.38. The number of aryl methyl sites for hydroxylation is 3. The minimum absolute atomic E-state index is 0.163. The van der Waals surface area contributed by atoms with Gasteiger partial charge in [-0.05, 0) is 25.0 Å². The largest absolute Gasteiger partial charge is 0.281 e. The van der Waals surface area contributed by atoms with Crippen LogP contribution < -0.4 is 5.56 Å². The molecule has 0 atom stereocenters. The van der Waals surface area contributed by atoms with E-state index < -0.39 is 0 Å². The zero-order valence-electron chi connectivity index (χ0n) is 11.7. The molecule has 3 rings (SSSR count). The van der Waals surface area contributed by atoms with Crippen molar-refractivity contribution in [3.8, 4) is 0 Å². The lowest BCUT2D eigenvalue weighted by molar-refractivity contribution is 0.593. The summed E-state index contributed by atoms with van der Waals surface area (Å²) in [6.07, 6.45) is 1.53. The van der Waals surface area contributed by atoms with E-state index in [1.165, 1.54) is 10.9 Å². The number of hydrogen-bond donors (Lipinski definition) is 0. The topological polar surface area (TPSA) is 65.6 Å². The minimum atomic E-state index is -0.163. The van der Waals surface area contributed by atoms with Crippen LogP contribution in [0.5, 0.6) is 0 Å². The van der Waals surface area contributed by atoms with E-state index in [1.807, 2.05) is 19.9 Å². The fourth-order valence-corrected chi connectivity index (χ4v) is 2.21. The van der Waals surface area contributed by atoms with E-state index >= 15 is 0 Å². The van der Waals surface area contributed by atoms with Crippen molar-refractivity contribution in [2.75, 3.05) is 0 Å². The predicted molar refractivity (Wildman–Crippen MR) is 75.6 cm³/mol. The van der Waals surface area contributed by atoms with E-state index in [4.69, 9.17) is 0 Å². The maximum atomic E-state index is 12.3. The highest BCUT2D eigenvalue weighted by Gasteiger charge is 2.10. The molecule has 0 radical (unpaired) electrons. The number of rotatable bonds is 2. The van der Waals surface area contributed by atoms with Crippen LogP contribution in [0.3, 0.4) is 0 Å². The highest BCUT2D eigenvalue weighted by Crippen LogP contribution is 2.11. The van der Waals surface area contributed by atoms with Crippen molar-refractivity contribution in [3.63, 3.8) is 0 Å². The summed E-state index contributed by atoms with van der Waals surface area (Å²) in [6, 6.07) is 6.17. The number of hydrogen-bond acceptors (Lipinski definition) is 4. The van der Waals surface area contributed by atoms with Gasteiger partial charge in [-0.25, -0.2) is 9.36 Å². The van der Waals surface area contributed by atoms with Crippen molar-refractivity contribution in [2.24, 2.45) is 7.05 Å². The van der Waals surface area contributed by atoms with Gasteiger partial charge in [-0.15, -0.1) is 5.10 Å². The molecule has 0 amide bonds. The third-order valence-electron chi connectivity index (χ3n) is 3.44. The zero-order valence-corrected chi connectivity index (χ0v) is 11.7. The van der Waals surface area contributed by atoms with Crippen molar-refractivity contribution in [1.82, 2.24) is 24.8 Å². The first-order valence-electron chi connectivity index (χ1n) is 6.38. The Hall–Kier alpha value is -2.50. The molecule has 2 aromatic heterocycles. The molecule has 20 heavy (non-hydrogen) atoms. The second-order valence-electron chi connectivity index (χ2n) is 4.99. The molecule has 0 spiro atoms. The average molecular weight is 269 g/mol. The molecule has 1 aromatic carbocycles. The van der Waals surface area contributed by atoms with Gasteiger partial charge in [-0.1, -0.05) is 29.0 Å². The fourth-order valence-electron chi connectivity index (χ4n) is 2.21. The van der Waals surface area contributed by atoms with Crippen molar-refractivity contribution in [3.05, 3.63) is 51.4 Å². The molecule has 0 aliphatic rings. The monoisotopic (exact) mass is 269 g/mol. The first-order chi connectivity index (χ1) is 9.56. The van der Waals surface area contributed by atoms with Gasteiger partial charge in [0.1, 0.15) is 5.39 Å². The Kier molecular flexibility index (Phi) is 2.85. The second-order valence-corrected chi connectivity index (χ2v) is 4.99. The van der Waals surface area contributed by atoms with E-state index in [2.05, 4.69) is 27.5 Å². The lowest BCUT2D eigenvalue weighted by Gasteiger charge is -2.08. The molecule has 0 saturated heterocycles. The predicted octanol–water partition coefficient (Wildman–Crippen LogP) is 1.19. The van der Waals surface area contributed by atoms with Crippen LogP contribution in [-0.2, 0) is 13.6 Å². The molecular formula is C14H15N5O. The molecule has 6 heteroatoms. The molecule has 0 bridgehead atoms. The number of fused-ring (bicyclic) bond motifs is 1. The Morgan fingerprint density at radius 3 is 2.85 bits per heavy atom. The summed E-state index contributed by atoms with van der Waals surface area (Å²) in [4.78, 5) is 12.3. The Bertz CT molecular complexity index is 846. The smallest absolute Gasteiger partial charge is 0.267 e. The standard InChI is InChI=1S/C14H15N5O/c1-9-4-5-10(2)11(6-9)8-19-14(20)12-7-15-18(3)13(12)16-17-19/h4-7H,8H2,1-3H3. The van der Waals surface area contributed by atoms with Gasteiger partial charge < -0.3 is 0 Å². The Morgan fingerprint density at radius 1 is 1.25 bits per heavy atom. The minimum Gasteiger partial charge on any atom is -0.267 e. The van der Waals surface area contributed by atoms with Gasteiger partial charge in [-0.3, -0.25) is 4.79 Å². The van der Waals surface area contributed by atoms with Crippen LogP contribution in [0, 0.1) is 13.8 Å². The fraction of sp³-hybridized carbons (Fsp3) is 0.286. The Morgan fingerprint density at radius 2 is 2.05 bits per heavy atom. The van der Waals surface area contributed by atoms with E-state index in [0.29, 0.717) is 17.6 Å². The van der Waals surface area contributed by atoms with E-state index in [9.17, 15) is 4.79 Å². The average Bonchev–Trinajstić information content (AvgIpc) is 2.79. The highest BCUT2D eigenvalue weighted by molar-refractivity contribution is 5.72. The molecule has 0 fully saturated rings. The lowest BCUT2D eigenvalue weighted by Crippen LogP contribution is -2.25. The lowest BCUT2D eigenvalue weighted by atomic mass is 10.1. The van der Waals surface area contributed by atoms with Crippen molar-refractivity contribution >= 4 is 11.0 Å². The summed E-state index contributed by atoms with van der Waals surface area (Å²) >= 11 is 0. The van der Waals surface area contributed by atoms with Gasteiger partial charge in [0, 0.05) is 7.05 Å². The number of benzene rings is 1. The molecule has 0 aliphatic carbocycles. The summed E-state index contributed by atoms with van der Waals surface area (Å²) in [6.45, 7) is 4.47. The highest BCUT2D eigenvalue weighted by atomic mass is 16.1. The molecule has 0 N–H and O–H groups in total. The van der Waals surface area contributed by atoms with Crippen LogP contribution in [0.25, 0.3) is 11.0 Å². The van der Waals surface area contributed by atoms with Gasteiger partial charge in [0.15, 0.2) is 5.65 Å². The van der Waals surface area contributed by atoms with Crippen LogP contribution in [0.1, 0.15) is 16.7 Å². The van der Waals surface area contributed by atoms with Crippen LogP contribution in [0.2, 0.25) is 0 Å². The second kappa shape index (κ2) is 4.56. The third kappa shape index (κ3) is 1.99. The molecule has 3 aromatic rings. The van der Waals surface area contributed by atoms with Gasteiger partial charge in [0.2, 0.25) is 0 Å². The molecule has 0 saturated carbocycles. The van der Waals surface area contributed by atoms with E-state index in [1.54, 1.807) is 11.7 Å². The zero-order chi connectivity index (χ0) is 14.3. The molecule has 0 aliphatic heterocycles. The quantitative estimate of drug-likeness (QED) is 0.701. The van der Waals surface area contributed by atoms with Crippen LogP contribution in [0.4, 0.5) is 0 Å². The van der Waals surface area contributed by atoms with E-state index in [0.717, 1.165) is 16.7 Å². The molecule has 2 heterocycles. The third-order valence-corrected chi connectivity index (χ3v) is 3.44. The van der Waals surface area contributed by atoms with Crippen LogP contribution in [-0.4, -0.2) is 24.8 Å². The van der Waals surface area contributed by atoms with Gasteiger partial charge in [0.05, 0.1) is 12.7 Å². The first kappa shape index (κ1) is 12.5. The normalized spacial score (nSPS) is 11.2. The maximum absolute atomic E-state index is 12.3. The van der Waals surface area contributed by atoms with Crippen molar-refractivity contribution in [1.29, 1.82) is 0 Å². The molecule has 102 valence electrons. The SMILES string of the molecule is Cc1ccc(C)c(Cn2nnc3c(cnn3C)c2=O)c1. The van der Waals surface area contributed by atoms with Crippen LogP contribution in [0.15, 0.2) is 29.2 Å². The summed E-state index contributed by atoms with van der Waals surface area (Å²) < 4.78 is 2.93. The molecular weight excluding hydrogens is 254 g/mol. The summed E-state index contributed by atoms with van der Waals surface area (Å²) in [5.41, 5.74) is 3.71. The van der Waals surface area contributed by atoms with Gasteiger partial charge >= 0.3 is 0 Å². The summed E-state index contributed by atoms with van der Waals surface area (Å²) in [5, 5.41) is 12.6. The number of aromatic nitrogens is 5.